The largest absolute Gasteiger partial charge is 0.489 e. The van der Waals surface area contributed by atoms with Crippen LogP contribution in [-0.2, 0) is 6.61 Å². The predicted molar refractivity (Wildman–Crippen MR) is 110 cm³/mol. The minimum absolute atomic E-state index is 0.129. The highest BCUT2D eigenvalue weighted by Gasteiger charge is 2.13. The van der Waals surface area contributed by atoms with E-state index in [-0.39, 0.29) is 5.91 Å². The quantitative estimate of drug-likeness (QED) is 0.559. The molecule has 3 rings (SSSR count). The molecule has 0 spiro atoms. The van der Waals surface area contributed by atoms with Gasteiger partial charge in [-0.3, -0.25) is 4.79 Å². The standard InChI is InChI=1S/C24H25NO2/c1-3-18(2)22-14-7-8-15-23(22)25-24(26)20-12-9-13-21(16-20)27-17-19-10-5-4-6-11-19/h4-16,18H,3,17H2,1-2H3,(H,25,26)/t18-/m0/s1. The zero-order valence-corrected chi connectivity index (χ0v) is 15.8. The first-order valence-electron chi connectivity index (χ1n) is 9.34. The first-order chi connectivity index (χ1) is 13.2. The molecule has 0 bridgehead atoms. The number of nitrogens with one attached hydrogen (secondary N) is 1. The van der Waals surface area contributed by atoms with Gasteiger partial charge in [-0.15, -0.1) is 0 Å². The van der Waals surface area contributed by atoms with Crippen LogP contribution < -0.4 is 10.1 Å². The minimum Gasteiger partial charge on any atom is -0.489 e. The highest BCUT2D eigenvalue weighted by atomic mass is 16.5. The van der Waals surface area contributed by atoms with Crippen LogP contribution in [0.4, 0.5) is 5.69 Å². The fraction of sp³-hybridized carbons (Fsp3) is 0.208. The van der Waals surface area contributed by atoms with Crippen molar-refractivity contribution in [1.82, 2.24) is 0 Å². The van der Waals surface area contributed by atoms with E-state index in [9.17, 15) is 4.79 Å². The number of hydrogen-bond donors (Lipinski definition) is 1. The van der Waals surface area contributed by atoms with E-state index in [1.807, 2.05) is 60.7 Å². The number of rotatable bonds is 7. The highest BCUT2D eigenvalue weighted by Crippen LogP contribution is 2.27. The zero-order valence-electron chi connectivity index (χ0n) is 15.8. The molecule has 1 atom stereocenters. The van der Waals surface area contributed by atoms with E-state index in [1.54, 1.807) is 12.1 Å². The Balaban J connectivity index is 1.71. The van der Waals surface area contributed by atoms with Crippen LogP contribution in [0, 0.1) is 0 Å². The average Bonchev–Trinajstić information content (AvgIpc) is 2.73. The molecule has 0 radical (unpaired) electrons. The van der Waals surface area contributed by atoms with E-state index < -0.39 is 0 Å². The van der Waals surface area contributed by atoms with Crippen LogP contribution >= 0.6 is 0 Å². The molecule has 0 aliphatic rings. The molecule has 3 aromatic carbocycles. The summed E-state index contributed by atoms with van der Waals surface area (Å²) in [6, 6.07) is 25.3. The lowest BCUT2D eigenvalue weighted by Gasteiger charge is -2.16. The van der Waals surface area contributed by atoms with Gasteiger partial charge in [0, 0.05) is 11.3 Å². The normalized spacial score (nSPS) is 11.6. The van der Waals surface area contributed by atoms with Gasteiger partial charge in [0.15, 0.2) is 0 Å². The molecule has 0 aliphatic heterocycles. The van der Waals surface area contributed by atoms with Crippen molar-refractivity contribution in [2.45, 2.75) is 32.8 Å². The average molecular weight is 359 g/mol. The minimum atomic E-state index is -0.129. The smallest absolute Gasteiger partial charge is 0.255 e. The van der Waals surface area contributed by atoms with Crippen LogP contribution in [0.15, 0.2) is 78.9 Å². The Morgan fingerprint density at radius 3 is 2.48 bits per heavy atom. The molecule has 0 saturated heterocycles. The molecule has 0 saturated carbocycles. The lowest BCUT2D eigenvalue weighted by Crippen LogP contribution is -2.14. The van der Waals surface area contributed by atoms with Gasteiger partial charge in [-0.2, -0.15) is 0 Å². The number of anilines is 1. The van der Waals surface area contributed by atoms with Crippen LogP contribution in [0.5, 0.6) is 5.75 Å². The Hall–Kier alpha value is -3.07. The summed E-state index contributed by atoms with van der Waals surface area (Å²) in [4.78, 5) is 12.7. The zero-order chi connectivity index (χ0) is 19.1. The molecular weight excluding hydrogens is 334 g/mol. The van der Waals surface area contributed by atoms with Gasteiger partial charge >= 0.3 is 0 Å². The summed E-state index contributed by atoms with van der Waals surface area (Å²) in [6.45, 7) is 4.79. The van der Waals surface area contributed by atoms with E-state index >= 15 is 0 Å². The van der Waals surface area contributed by atoms with Gasteiger partial charge in [0.25, 0.3) is 5.91 Å². The molecule has 138 valence electrons. The number of amides is 1. The number of para-hydroxylation sites is 1. The second kappa shape index (κ2) is 9.04. The van der Waals surface area contributed by atoms with Gasteiger partial charge in [-0.1, -0.05) is 68.4 Å². The fourth-order valence-corrected chi connectivity index (χ4v) is 2.92. The molecule has 1 N–H and O–H groups in total. The first kappa shape index (κ1) is 18.7. The van der Waals surface area contributed by atoms with Crippen molar-refractivity contribution in [3.8, 4) is 5.75 Å². The summed E-state index contributed by atoms with van der Waals surface area (Å²) in [5.74, 6) is 0.944. The van der Waals surface area contributed by atoms with Crippen molar-refractivity contribution in [3.63, 3.8) is 0 Å². The maximum Gasteiger partial charge on any atom is 0.255 e. The van der Waals surface area contributed by atoms with E-state index in [2.05, 4.69) is 25.2 Å². The van der Waals surface area contributed by atoms with Crippen LogP contribution in [0.25, 0.3) is 0 Å². The predicted octanol–water partition coefficient (Wildman–Crippen LogP) is 6.03. The van der Waals surface area contributed by atoms with Crippen molar-refractivity contribution in [1.29, 1.82) is 0 Å². The molecule has 1 amide bonds. The Morgan fingerprint density at radius 2 is 1.70 bits per heavy atom. The van der Waals surface area contributed by atoms with Crippen LogP contribution in [-0.4, -0.2) is 5.91 Å². The van der Waals surface area contributed by atoms with Crippen LogP contribution in [0.1, 0.15) is 47.7 Å². The van der Waals surface area contributed by atoms with Crippen molar-refractivity contribution in [2.75, 3.05) is 5.32 Å². The van der Waals surface area contributed by atoms with Gasteiger partial charge in [0.2, 0.25) is 0 Å². The fourth-order valence-electron chi connectivity index (χ4n) is 2.92. The van der Waals surface area contributed by atoms with E-state index in [4.69, 9.17) is 4.74 Å². The third kappa shape index (κ3) is 4.98. The van der Waals surface area contributed by atoms with E-state index in [0.29, 0.717) is 23.8 Å². The number of hydrogen-bond acceptors (Lipinski definition) is 2. The van der Waals surface area contributed by atoms with Gasteiger partial charge in [-0.05, 0) is 47.7 Å². The summed E-state index contributed by atoms with van der Waals surface area (Å²) in [7, 11) is 0. The number of ether oxygens (including phenoxy) is 1. The Labute approximate surface area is 161 Å². The maximum absolute atomic E-state index is 12.7. The SMILES string of the molecule is CC[C@H](C)c1ccccc1NC(=O)c1cccc(OCc2ccccc2)c1. The molecule has 0 aromatic heterocycles. The highest BCUT2D eigenvalue weighted by molar-refractivity contribution is 6.04. The maximum atomic E-state index is 12.7. The van der Waals surface area contributed by atoms with Crippen LogP contribution in [0.3, 0.4) is 0 Å². The summed E-state index contributed by atoms with van der Waals surface area (Å²) < 4.78 is 5.83. The topological polar surface area (TPSA) is 38.3 Å². The third-order valence-electron chi connectivity index (χ3n) is 4.70. The summed E-state index contributed by atoms with van der Waals surface area (Å²) in [5, 5.41) is 3.05. The molecule has 0 heterocycles. The van der Waals surface area contributed by atoms with Crippen molar-refractivity contribution in [2.24, 2.45) is 0 Å². The van der Waals surface area contributed by atoms with Crippen molar-refractivity contribution in [3.05, 3.63) is 95.6 Å². The molecule has 3 heteroatoms. The summed E-state index contributed by atoms with van der Waals surface area (Å²) in [5.41, 5.74) is 3.70. The monoisotopic (exact) mass is 359 g/mol. The van der Waals surface area contributed by atoms with Crippen LogP contribution in [0.2, 0.25) is 0 Å². The summed E-state index contributed by atoms with van der Waals surface area (Å²) >= 11 is 0. The van der Waals surface area contributed by atoms with Gasteiger partial charge in [-0.25, -0.2) is 0 Å². The molecule has 3 nitrogen and oxygen atoms in total. The number of carbonyl (C=O) groups is 1. The van der Waals surface area contributed by atoms with Crippen molar-refractivity contribution >= 4 is 11.6 Å². The number of carbonyl (C=O) groups excluding carboxylic acids is 1. The van der Waals surface area contributed by atoms with Gasteiger partial charge < -0.3 is 10.1 Å². The Bertz CT molecular complexity index is 890. The van der Waals surface area contributed by atoms with Gasteiger partial charge in [0.1, 0.15) is 12.4 Å². The lowest BCUT2D eigenvalue weighted by molar-refractivity contribution is 0.102. The summed E-state index contributed by atoms with van der Waals surface area (Å²) in [6.07, 6.45) is 1.02. The molecule has 3 aromatic rings. The third-order valence-corrected chi connectivity index (χ3v) is 4.70. The Kier molecular flexibility index (Phi) is 6.26. The van der Waals surface area contributed by atoms with Crippen molar-refractivity contribution < 1.29 is 9.53 Å². The molecule has 0 aliphatic carbocycles. The second-order valence-corrected chi connectivity index (χ2v) is 6.65. The second-order valence-electron chi connectivity index (χ2n) is 6.65. The first-order valence-corrected chi connectivity index (χ1v) is 9.34. The molecule has 0 unspecified atom stereocenters. The molecule has 0 fully saturated rings. The molecule has 27 heavy (non-hydrogen) atoms. The lowest BCUT2D eigenvalue weighted by atomic mass is 9.97. The molecular formula is C24H25NO2. The number of benzene rings is 3. The van der Waals surface area contributed by atoms with E-state index in [1.165, 1.54) is 0 Å². The Morgan fingerprint density at radius 1 is 0.963 bits per heavy atom. The van der Waals surface area contributed by atoms with E-state index in [0.717, 1.165) is 23.2 Å². The van der Waals surface area contributed by atoms with Gasteiger partial charge in [0.05, 0.1) is 0 Å².